The van der Waals surface area contributed by atoms with Gasteiger partial charge in [0.25, 0.3) is 0 Å². The predicted molar refractivity (Wildman–Crippen MR) is 85.3 cm³/mol. The van der Waals surface area contributed by atoms with Crippen LogP contribution < -0.4 is 5.32 Å². The number of hydrogen-bond donors (Lipinski definition) is 2. The minimum Gasteiger partial charge on any atom is -0.480 e. The van der Waals surface area contributed by atoms with Crippen LogP contribution in [0.2, 0.25) is 0 Å². The third kappa shape index (κ3) is 2.33. The van der Waals surface area contributed by atoms with Crippen LogP contribution in [0.5, 0.6) is 0 Å². The van der Waals surface area contributed by atoms with Crippen LogP contribution in [0.1, 0.15) is 34.6 Å². The highest BCUT2D eigenvalue weighted by molar-refractivity contribution is 6.26. The monoisotopic (exact) mass is 313 g/mol. The normalized spacial score (nSPS) is 25.5. The van der Waals surface area contributed by atoms with E-state index in [1.807, 2.05) is 0 Å². The molecule has 1 heterocycles. The van der Waals surface area contributed by atoms with Crippen molar-refractivity contribution in [1.29, 1.82) is 0 Å². The molecular weight excluding hydrogens is 294 g/mol. The number of ether oxygens (including phenoxy) is 1. The van der Waals surface area contributed by atoms with Gasteiger partial charge < -0.3 is 15.2 Å². The maximum absolute atomic E-state index is 12.9. The van der Waals surface area contributed by atoms with Crippen LogP contribution in [0.3, 0.4) is 0 Å². The van der Waals surface area contributed by atoms with Crippen LogP contribution in [-0.2, 0) is 4.74 Å². The third-order valence-electron chi connectivity index (χ3n) is 4.30. The van der Waals surface area contributed by atoms with Gasteiger partial charge in [-0.15, -0.1) is 6.58 Å². The average Bonchev–Trinajstić information content (AvgIpc) is 2.53. The van der Waals surface area contributed by atoms with Crippen molar-refractivity contribution in [3.8, 4) is 0 Å². The van der Waals surface area contributed by atoms with Crippen LogP contribution in [0.15, 0.2) is 48.3 Å². The zero-order valence-corrected chi connectivity index (χ0v) is 13.1. The number of hydrogen-bond acceptors (Lipinski definition) is 5. The number of carbonyl (C=O) groups excluding carboxylic acids is 2. The zero-order valence-electron chi connectivity index (χ0n) is 13.1. The Hall–Kier alpha value is -2.24. The summed E-state index contributed by atoms with van der Waals surface area (Å²) in [5.41, 5.74) is -0.106. The fourth-order valence-corrected chi connectivity index (χ4v) is 3.06. The molecule has 3 rings (SSSR count). The summed E-state index contributed by atoms with van der Waals surface area (Å²) >= 11 is 0. The molecule has 2 N–H and O–H groups in total. The van der Waals surface area contributed by atoms with Crippen LogP contribution in [0, 0.1) is 0 Å². The average molecular weight is 313 g/mol. The van der Waals surface area contributed by atoms with Crippen molar-refractivity contribution in [3.05, 3.63) is 59.4 Å². The molecule has 5 heteroatoms. The highest BCUT2D eigenvalue weighted by atomic mass is 16.5. The van der Waals surface area contributed by atoms with E-state index in [4.69, 9.17) is 4.74 Å². The second kappa shape index (κ2) is 5.44. The lowest BCUT2D eigenvalue weighted by atomic mass is 9.78. The van der Waals surface area contributed by atoms with E-state index < -0.39 is 17.7 Å². The molecule has 2 atom stereocenters. The van der Waals surface area contributed by atoms with Gasteiger partial charge >= 0.3 is 0 Å². The van der Waals surface area contributed by atoms with Crippen molar-refractivity contribution in [2.45, 2.75) is 31.6 Å². The van der Waals surface area contributed by atoms with Crippen LogP contribution >= 0.6 is 0 Å². The van der Waals surface area contributed by atoms with Gasteiger partial charge in [-0.05, 0) is 13.8 Å². The standard InChI is InChI=1S/C18H19NO4/c1-4-9-19-13-12-14(20)10-7-5-6-8-11(10)15(21)16(12)23-18(2,3)17(13)22/h4-8,13,17,19,22H,1,9H2,2-3H3. The van der Waals surface area contributed by atoms with Gasteiger partial charge in [-0.3, -0.25) is 9.59 Å². The molecule has 0 aromatic heterocycles. The van der Waals surface area contributed by atoms with E-state index in [0.29, 0.717) is 17.7 Å². The second-order valence-electron chi connectivity index (χ2n) is 6.27. The number of nitrogens with one attached hydrogen (secondary N) is 1. The molecule has 1 aliphatic heterocycles. The summed E-state index contributed by atoms with van der Waals surface area (Å²) in [6.07, 6.45) is 0.668. The summed E-state index contributed by atoms with van der Waals surface area (Å²) in [5, 5.41) is 13.7. The third-order valence-corrected chi connectivity index (χ3v) is 4.30. The molecule has 0 fully saturated rings. The Morgan fingerprint density at radius 3 is 2.48 bits per heavy atom. The Balaban J connectivity index is 2.16. The van der Waals surface area contributed by atoms with Gasteiger partial charge in [0, 0.05) is 17.7 Å². The highest BCUT2D eigenvalue weighted by Gasteiger charge is 2.50. The predicted octanol–water partition coefficient (Wildman–Crippen LogP) is 1.63. The highest BCUT2D eigenvalue weighted by Crippen LogP contribution is 2.38. The van der Waals surface area contributed by atoms with Crippen molar-refractivity contribution in [2.75, 3.05) is 6.54 Å². The Bertz CT molecular complexity index is 732. The van der Waals surface area contributed by atoms with Gasteiger partial charge in [-0.25, -0.2) is 0 Å². The number of rotatable bonds is 3. The molecule has 0 amide bonds. The number of fused-ring (bicyclic) bond motifs is 1. The molecule has 1 aromatic carbocycles. The lowest BCUT2D eigenvalue weighted by Crippen LogP contribution is -2.59. The summed E-state index contributed by atoms with van der Waals surface area (Å²) in [6, 6.07) is 5.98. The largest absolute Gasteiger partial charge is 0.480 e. The molecular formula is C18H19NO4. The van der Waals surface area contributed by atoms with Gasteiger partial charge in [-0.1, -0.05) is 30.3 Å². The number of aliphatic hydroxyl groups excluding tert-OH is 1. The number of carbonyl (C=O) groups is 2. The van der Waals surface area contributed by atoms with Gasteiger partial charge in [0.2, 0.25) is 5.78 Å². The second-order valence-corrected chi connectivity index (χ2v) is 6.27. The van der Waals surface area contributed by atoms with E-state index >= 15 is 0 Å². The molecule has 5 nitrogen and oxygen atoms in total. The minimum absolute atomic E-state index is 0.0329. The molecule has 1 aromatic rings. The molecule has 0 saturated heterocycles. The van der Waals surface area contributed by atoms with E-state index in [0.717, 1.165) is 0 Å². The first-order chi connectivity index (χ1) is 10.9. The van der Waals surface area contributed by atoms with E-state index in [1.165, 1.54) is 0 Å². The molecule has 0 bridgehead atoms. The summed E-state index contributed by atoms with van der Waals surface area (Å²) in [6.45, 7) is 7.43. The smallest absolute Gasteiger partial charge is 0.228 e. The van der Waals surface area contributed by atoms with E-state index in [2.05, 4.69) is 11.9 Å². The molecule has 2 aliphatic rings. The Morgan fingerprint density at radius 1 is 1.26 bits per heavy atom. The SMILES string of the molecule is C=CCNC1C2=C(OC(C)(C)C1O)C(=O)c1ccccc1C2=O. The molecule has 120 valence electrons. The Labute approximate surface area is 134 Å². The lowest BCUT2D eigenvalue weighted by molar-refractivity contribution is -0.0916. The molecule has 0 saturated carbocycles. The zero-order chi connectivity index (χ0) is 16.8. The fraction of sp³-hybridized carbons (Fsp3) is 0.333. The Kier molecular flexibility index (Phi) is 3.70. The van der Waals surface area contributed by atoms with E-state index in [-0.39, 0.29) is 22.9 Å². The van der Waals surface area contributed by atoms with Crippen LogP contribution in [0.25, 0.3) is 0 Å². The molecule has 0 spiro atoms. The number of allylic oxidation sites excluding steroid dienone is 1. The molecule has 2 unspecified atom stereocenters. The summed E-state index contributed by atoms with van der Waals surface area (Å²) < 4.78 is 5.73. The van der Waals surface area contributed by atoms with E-state index in [9.17, 15) is 14.7 Å². The van der Waals surface area contributed by atoms with E-state index in [1.54, 1.807) is 44.2 Å². The van der Waals surface area contributed by atoms with Crippen molar-refractivity contribution < 1.29 is 19.4 Å². The Morgan fingerprint density at radius 2 is 1.87 bits per heavy atom. The summed E-state index contributed by atoms with van der Waals surface area (Å²) in [4.78, 5) is 25.6. The van der Waals surface area contributed by atoms with Gasteiger partial charge in [-0.2, -0.15) is 0 Å². The molecule has 1 aliphatic carbocycles. The van der Waals surface area contributed by atoms with Crippen molar-refractivity contribution in [3.63, 3.8) is 0 Å². The van der Waals surface area contributed by atoms with Gasteiger partial charge in [0.15, 0.2) is 11.5 Å². The first-order valence-electron chi connectivity index (χ1n) is 7.52. The topological polar surface area (TPSA) is 75.6 Å². The maximum Gasteiger partial charge on any atom is 0.228 e. The van der Waals surface area contributed by atoms with Gasteiger partial charge in [0.05, 0.1) is 11.6 Å². The maximum atomic E-state index is 12.9. The summed E-state index contributed by atoms with van der Waals surface area (Å²) in [7, 11) is 0. The number of ketones is 2. The first kappa shape index (κ1) is 15.6. The number of Topliss-reactive ketones (excluding diaryl/α,β-unsaturated/α-hetero) is 2. The quantitative estimate of drug-likeness (QED) is 0.830. The lowest BCUT2D eigenvalue weighted by Gasteiger charge is -2.44. The van der Waals surface area contributed by atoms with Gasteiger partial charge in [0.1, 0.15) is 11.7 Å². The molecule has 0 radical (unpaired) electrons. The van der Waals surface area contributed by atoms with Crippen molar-refractivity contribution in [2.24, 2.45) is 0 Å². The van der Waals surface area contributed by atoms with Crippen molar-refractivity contribution in [1.82, 2.24) is 5.32 Å². The first-order valence-corrected chi connectivity index (χ1v) is 7.52. The van der Waals surface area contributed by atoms with Crippen LogP contribution in [-0.4, -0.2) is 41.0 Å². The minimum atomic E-state index is -0.986. The van der Waals surface area contributed by atoms with Crippen LogP contribution in [0.4, 0.5) is 0 Å². The fourth-order valence-electron chi connectivity index (χ4n) is 3.06. The van der Waals surface area contributed by atoms with Crippen molar-refractivity contribution >= 4 is 11.6 Å². The summed E-state index contributed by atoms with van der Waals surface area (Å²) in [5.74, 6) is -0.572. The number of aliphatic hydroxyl groups is 1. The molecule has 23 heavy (non-hydrogen) atoms. The number of benzene rings is 1.